The van der Waals surface area contributed by atoms with Gasteiger partial charge in [0.2, 0.25) is 0 Å². The molecule has 0 fully saturated rings. The molecular formula is C82H68Cl2O7. The average molecular weight is 1240 g/mol. The molecule has 0 unspecified atom stereocenters. The molecule has 452 valence electrons. The van der Waals surface area contributed by atoms with Gasteiger partial charge in [-0.15, -0.1) is 11.6 Å². The Labute approximate surface area is 542 Å². The Kier molecular flexibility index (Phi) is 16.6. The number of alkyl halides is 1. The molecule has 0 amide bonds. The highest BCUT2D eigenvalue weighted by Gasteiger charge is 2.46. The van der Waals surface area contributed by atoms with Crippen LogP contribution >= 0.6 is 23.2 Å². The maximum Gasteiger partial charge on any atom is 0.193 e. The third-order valence-corrected chi connectivity index (χ3v) is 18.4. The summed E-state index contributed by atoms with van der Waals surface area (Å²) in [5, 5.41) is 0.584. The van der Waals surface area contributed by atoms with Crippen LogP contribution in [0, 0.1) is 0 Å². The van der Waals surface area contributed by atoms with Crippen LogP contribution < -0.4 is 18.9 Å². The second kappa shape index (κ2) is 24.5. The Morgan fingerprint density at radius 1 is 0.341 bits per heavy atom. The molecule has 7 nitrogen and oxygen atoms in total. The lowest BCUT2D eigenvalue weighted by atomic mass is 9.68. The van der Waals surface area contributed by atoms with Crippen molar-refractivity contribution in [2.24, 2.45) is 0 Å². The van der Waals surface area contributed by atoms with E-state index in [9.17, 15) is 14.4 Å². The normalized spacial score (nSPS) is 12.7. The lowest BCUT2D eigenvalue weighted by Crippen LogP contribution is -2.47. The summed E-state index contributed by atoms with van der Waals surface area (Å²) in [6.07, 6.45) is 0. The molecule has 91 heavy (non-hydrogen) atoms. The number of carbonyl (C=O) groups excluding carboxylic acids is 3. The van der Waals surface area contributed by atoms with Crippen LogP contribution in [0.1, 0.15) is 142 Å². The van der Waals surface area contributed by atoms with E-state index in [0.29, 0.717) is 72.9 Å². The number of carbonyl (C=O) groups is 3. The Morgan fingerprint density at radius 3 is 1.13 bits per heavy atom. The van der Waals surface area contributed by atoms with Gasteiger partial charge in [0.1, 0.15) is 45.7 Å². The maximum absolute atomic E-state index is 14.0. The molecule has 1 aliphatic carbocycles. The molecule has 0 N–H and O–H groups in total. The molecule has 11 aromatic carbocycles. The maximum atomic E-state index is 14.0. The summed E-state index contributed by atoms with van der Waals surface area (Å²) in [5.41, 5.74) is 10.6. The summed E-state index contributed by atoms with van der Waals surface area (Å²) < 4.78 is 26.1. The first kappa shape index (κ1) is 61.4. The number of fused-ring (bicyclic) bond motifs is 3. The van der Waals surface area contributed by atoms with Crippen LogP contribution in [0.5, 0.6) is 34.5 Å². The van der Waals surface area contributed by atoms with Gasteiger partial charge in [0.15, 0.2) is 17.3 Å². The number of ketones is 3. The van der Waals surface area contributed by atoms with E-state index in [4.69, 9.17) is 42.1 Å². The molecule has 11 aromatic rings. The zero-order valence-corrected chi connectivity index (χ0v) is 53.5. The van der Waals surface area contributed by atoms with E-state index in [0.717, 1.165) is 27.8 Å². The molecular weight excluding hydrogens is 1170 g/mol. The van der Waals surface area contributed by atoms with Crippen molar-refractivity contribution in [3.63, 3.8) is 0 Å². The molecule has 0 saturated carbocycles. The number of hydrogen-bond acceptors (Lipinski definition) is 7. The Morgan fingerprint density at radius 2 is 0.692 bits per heavy atom. The van der Waals surface area contributed by atoms with Gasteiger partial charge < -0.3 is 18.9 Å². The van der Waals surface area contributed by atoms with Crippen molar-refractivity contribution >= 4 is 40.6 Å². The minimum Gasteiger partial charge on any atom is -0.487 e. The summed E-state index contributed by atoms with van der Waals surface area (Å²) in [4.78, 5) is 40.0. The van der Waals surface area contributed by atoms with Crippen LogP contribution in [0.3, 0.4) is 0 Å². The zero-order chi connectivity index (χ0) is 63.9. The molecule has 0 heterocycles. The lowest BCUT2D eigenvalue weighted by molar-refractivity contribution is 0.0356. The van der Waals surface area contributed by atoms with Crippen molar-refractivity contribution in [2.45, 2.75) is 82.3 Å². The van der Waals surface area contributed by atoms with Gasteiger partial charge in [-0.25, -0.2) is 0 Å². The van der Waals surface area contributed by atoms with E-state index in [2.05, 4.69) is 100 Å². The number of halogens is 2. The lowest BCUT2D eigenvalue weighted by Gasteiger charge is -2.42. The van der Waals surface area contributed by atoms with Crippen LogP contribution in [0.25, 0.3) is 11.1 Å². The average Bonchev–Trinajstić information content (AvgIpc) is 1.56. The fourth-order valence-electron chi connectivity index (χ4n) is 12.1. The van der Waals surface area contributed by atoms with Gasteiger partial charge in [-0.1, -0.05) is 177 Å². The van der Waals surface area contributed by atoms with E-state index in [1.54, 1.807) is 72.8 Å². The summed E-state index contributed by atoms with van der Waals surface area (Å²) in [6.45, 7) is 16.3. The zero-order valence-electron chi connectivity index (χ0n) is 52.0. The number of hydrogen-bond donors (Lipinski definition) is 0. The van der Waals surface area contributed by atoms with Crippen molar-refractivity contribution in [1.29, 1.82) is 0 Å². The fourth-order valence-corrected chi connectivity index (χ4v) is 12.3. The van der Waals surface area contributed by atoms with Gasteiger partial charge >= 0.3 is 0 Å². The van der Waals surface area contributed by atoms with Crippen molar-refractivity contribution in [3.8, 4) is 45.6 Å². The van der Waals surface area contributed by atoms with Gasteiger partial charge in [0, 0.05) is 49.9 Å². The van der Waals surface area contributed by atoms with Gasteiger partial charge in [0.25, 0.3) is 0 Å². The second-order valence-electron chi connectivity index (χ2n) is 25.2. The van der Waals surface area contributed by atoms with Gasteiger partial charge in [-0.05, 0) is 201 Å². The summed E-state index contributed by atoms with van der Waals surface area (Å²) in [5.74, 6) is 3.53. The number of rotatable bonds is 20. The molecule has 0 aromatic heterocycles. The van der Waals surface area contributed by atoms with E-state index >= 15 is 0 Å². The molecule has 0 bridgehead atoms. The Balaban J connectivity index is 0.698. The molecule has 0 atom stereocenters. The van der Waals surface area contributed by atoms with E-state index < -0.39 is 26.9 Å². The monoisotopic (exact) mass is 1230 g/mol. The largest absolute Gasteiger partial charge is 0.487 e. The minimum absolute atomic E-state index is 0.0704. The van der Waals surface area contributed by atoms with Crippen LogP contribution in [-0.2, 0) is 21.3 Å². The van der Waals surface area contributed by atoms with Crippen LogP contribution in [0.2, 0.25) is 5.02 Å². The Hall–Kier alpha value is -9.79. The SMILES string of the molecule is CC(C)(Cl)c1ccc(C(=O)c2ccc(Oc3cccc(OC(C)(C)C(C)(C)c4ccc(C(=O)c5ccc(Oc6ccc(C7(c8ccc(OC(C)(C)c9ccc(C(=O)c%10ccc(Cl)cc%10)cc9)cc8)c8ccccc8-c8ccccc87)cc6)cc5)cc4)c3)cc2)cc1. The predicted molar refractivity (Wildman–Crippen MR) is 365 cm³/mol. The molecule has 12 rings (SSSR count). The van der Waals surface area contributed by atoms with E-state index in [-0.39, 0.29) is 17.3 Å². The quantitative estimate of drug-likeness (QED) is 0.0555. The van der Waals surface area contributed by atoms with Crippen LogP contribution in [0.4, 0.5) is 0 Å². The molecule has 0 saturated heterocycles. The number of benzene rings is 11. The van der Waals surface area contributed by atoms with Crippen LogP contribution in [-0.4, -0.2) is 23.0 Å². The minimum atomic E-state index is -0.712. The van der Waals surface area contributed by atoms with E-state index in [1.807, 2.05) is 149 Å². The predicted octanol–water partition coefficient (Wildman–Crippen LogP) is 20.9. The van der Waals surface area contributed by atoms with Gasteiger partial charge in [-0.2, -0.15) is 0 Å². The third-order valence-electron chi connectivity index (χ3n) is 17.9. The molecule has 1 aliphatic rings. The number of ether oxygens (including phenoxy) is 4. The van der Waals surface area contributed by atoms with Crippen molar-refractivity contribution in [3.05, 3.63) is 344 Å². The summed E-state index contributed by atoms with van der Waals surface area (Å²) >= 11 is 12.5. The van der Waals surface area contributed by atoms with Crippen molar-refractivity contribution in [1.82, 2.24) is 0 Å². The van der Waals surface area contributed by atoms with Crippen molar-refractivity contribution < 1.29 is 33.3 Å². The van der Waals surface area contributed by atoms with Gasteiger partial charge in [0.05, 0.1) is 10.3 Å². The Bertz CT molecular complexity index is 4420. The molecule has 0 radical (unpaired) electrons. The standard InChI is InChI=1S/C82H68Cl2O7/c1-78(2,81(7,8)91-70-15-13-14-69(52-70)89-66-46-30-58(31-47-66)77(87)54-22-34-60(35-23-54)79(3,4)84)59-32-20-53(21-33-59)76(86)57-28-44-65(45-29-57)88-67-48-38-62(39-49-67)82(73-18-11-9-16-71(73)72-17-10-12-19-74(72)82)63-40-50-68(51-41-63)90-80(5,6)61-36-24-55(25-37-61)75(85)56-26-42-64(83)43-27-56/h9-52H,1-8H3. The first-order chi connectivity index (χ1) is 43.6. The fraction of sp³-hybridized carbons (Fsp3) is 0.159. The summed E-state index contributed by atoms with van der Waals surface area (Å²) in [7, 11) is 0. The molecule has 9 heteroatoms. The molecule has 0 aliphatic heterocycles. The highest BCUT2D eigenvalue weighted by molar-refractivity contribution is 6.30. The van der Waals surface area contributed by atoms with Crippen LogP contribution in [0.15, 0.2) is 267 Å². The topological polar surface area (TPSA) is 88.1 Å². The van der Waals surface area contributed by atoms with E-state index in [1.165, 1.54) is 22.3 Å². The second-order valence-corrected chi connectivity index (χ2v) is 26.5. The van der Waals surface area contributed by atoms with Gasteiger partial charge in [-0.3, -0.25) is 14.4 Å². The van der Waals surface area contributed by atoms with Crippen molar-refractivity contribution in [2.75, 3.05) is 0 Å². The highest BCUT2D eigenvalue weighted by atomic mass is 35.5. The molecule has 0 spiro atoms. The smallest absolute Gasteiger partial charge is 0.193 e. The third kappa shape index (κ3) is 12.4. The summed E-state index contributed by atoms with van der Waals surface area (Å²) in [6, 6.07) is 85.5. The first-order valence-corrected chi connectivity index (χ1v) is 31.2. The first-order valence-electron chi connectivity index (χ1n) is 30.4. The highest BCUT2D eigenvalue weighted by Crippen LogP contribution is 2.56.